The summed E-state index contributed by atoms with van der Waals surface area (Å²) in [7, 11) is 0. The Kier molecular flexibility index (Phi) is 4.23. The van der Waals surface area contributed by atoms with Crippen LogP contribution < -0.4 is 10.6 Å². The summed E-state index contributed by atoms with van der Waals surface area (Å²) in [6.07, 6.45) is 6.38. The van der Waals surface area contributed by atoms with Crippen molar-refractivity contribution < 1.29 is 0 Å². The highest BCUT2D eigenvalue weighted by Crippen LogP contribution is 2.27. The Morgan fingerprint density at radius 2 is 1.72 bits per heavy atom. The number of thiocarbonyl (C=S) groups is 1. The SMILES string of the molecule is Cc1ccc(NC(=S)NC2(C)CCCCC2)cc1. The summed E-state index contributed by atoms with van der Waals surface area (Å²) in [5.41, 5.74) is 2.49. The molecule has 98 valence electrons. The van der Waals surface area contributed by atoms with Gasteiger partial charge in [-0.05, 0) is 51.0 Å². The zero-order chi connectivity index (χ0) is 13.0. The molecule has 1 saturated carbocycles. The van der Waals surface area contributed by atoms with Crippen LogP contribution in [0.3, 0.4) is 0 Å². The maximum Gasteiger partial charge on any atom is 0.171 e. The second-order valence-corrected chi connectivity index (χ2v) is 5.97. The van der Waals surface area contributed by atoms with Crippen LogP contribution in [0.5, 0.6) is 0 Å². The molecule has 1 aliphatic carbocycles. The molecule has 0 amide bonds. The molecule has 3 heteroatoms. The Labute approximate surface area is 115 Å². The zero-order valence-electron chi connectivity index (χ0n) is 11.3. The van der Waals surface area contributed by atoms with Gasteiger partial charge in [0.1, 0.15) is 0 Å². The summed E-state index contributed by atoms with van der Waals surface area (Å²) in [6.45, 7) is 4.36. The lowest BCUT2D eigenvalue weighted by atomic mass is 9.83. The number of hydrogen-bond donors (Lipinski definition) is 2. The molecule has 0 spiro atoms. The van der Waals surface area contributed by atoms with E-state index in [4.69, 9.17) is 12.2 Å². The molecular weight excluding hydrogens is 240 g/mol. The fourth-order valence-electron chi connectivity index (χ4n) is 2.53. The van der Waals surface area contributed by atoms with Gasteiger partial charge in [0, 0.05) is 11.2 Å². The highest BCUT2D eigenvalue weighted by molar-refractivity contribution is 7.80. The highest BCUT2D eigenvalue weighted by atomic mass is 32.1. The van der Waals surface area contributed by atoms with E-state index in [1.807, 2.05) is 0 Å². The van der Waals surface area contributed by atoms with Crippen molar-refractivity contribution in [2.24, 2.45) is 0 Å². The number of anilines is 1. The van der Waals surface area contributed by atoms with Gasteiger partial charge in [0.2, 0.25) is 0 Å². The standard InChI is InChI=1S/C15H22N2S/c1-12-6-8-13(9-7-12)16-14(18)17-15(2)10-4-3-5-11-15/h6-9H,3-5,10-11H2,1-2H3,(H2,16,17,18). The number of hydrogen-bond acceptors (Lipinski definition) is 1. The minimum absolute atomic E-state index is 0.174. The summed E-state index contributed by atoms with van der Waals surface area (Å²) in [6, 6.07) is 8.31. The van der Waals surface area contributed by atoms with E-state index in [0.29, 0.717) is 0 Å². The van der Waals surface area contributed by atoms with Gasteiger partial charge in [-0.15, -0.1) is 0 Å². The quantitative estimate of drug-likeness (QED) is 0.788. The van der Waals surface area contributed by atoms with Crippen LogP contribution in [0.25, 0.3) is 0 Å². The topological polar surface area (TPSA) is 24.1 Å². The number of benzene rings is 1. The van der Waals surface area contributed by atoms with E-state index in [0.717, 1.165) is 10.8 Å². The molecule has 1 aliphatic rings. The molecule has 0 saturated heterocycles. The average Bonchev–Trinajstić information content (AvgIpc) is 2.32. The molecule has 0 heterocycles. The lowest BCUT2D eigenvalue weighted by Crippen LogP contribution is -2.48. The van der Waals surface area contributed by atoms with Crippen LogP contribution in [0, 0.1) is 6.92 Å². The van der Waals surface area contributed by atoms with Crippen LogP contribution in [0.4, 0.5) is 5.69 Å². The van der Waals surface area contributed by atoms with Gasteiger partial charge in [0.05, 0.1) is 0 Å². The Morgan fingerprint density at radius 3 is 2.33 bits per heavy atom. The van der Waals surface area contributed by atoms with E-state index in [1.165, 1.54) is 37.7 Å². The fourth-order valence-corrected chi connectivity index (χ4v) is 2.89. The maximum atomic E-state index is 5.40. The predicted octanol–water partition coefficient (Wildman–Crippen LogP) is 4.00. The Morgan fingerprint density at radius 1 is 1.11 bits per heavy atom. The predicted molar refractivity (Wildman–Crippen MR) is 82.0 cm³/mol. The molecule has 1 fully saturated rings. The normalized spacial score (nSPS) is 18.1. The molecule has 1 aromatic rings. The molecule has 2 N–H and O–H groups in total. The first kappa shape index (κ1) is 13.3. The maximum absolute atomic E-state index is 5.40. The van der Waals surface area contributed by atoms with E-state index in [-0.39, 0.29) is 5.54 Å². The molecular formula is C15H22N2S. The lowest BCUT2D eigenvalue weighted by Gasteiger charge is -2.35. The first-order valence-corrected chi connectivity index (χ1v) is 7.14. The molecule has 0 radical (unpaired) electrons. The Balaban J connectivity index is 1.90. The van der Waals surface area contributed by atoms with Gasteiger partial charge in [0.15, 0.2) is 5.11 Å². The monoisotopic (exact) mass is 262 g/mol. The summed E-state index contributed by atoms with van der Waals surface area (Å²) >= 11 is 5.40. The van der Waals surface area contributed by atoms with Gasteiger partial charge in [0.25, 0.3) is 0 Å². The number of nitrogens with one attached hydrogen (secondary N) is 2. The molecule has 18 heavy (non-hydrogen) atoms. The third kappa shape index (κ3) is 3.70. The summed E-state index contributed by atoms with van der Waals surface area (Å²) in [5.74, 6) is 0. The van der Waals surface area contributed by atoms with Crippen LogP contribution in [-0.4, -0.2) is 10.7 Å². The van der Waals surface area contributed by atoms with Crippen molar-refractivity contribution in [1.29, 1.82) is 0 Å². The van der Waals surface area contributed by atoms with Crippen LogP contribution in [0.15, 0.2) is 24.3 Å². The van der Waals surface area contributed by atoms with Crippen molar-refractivity contribution in [2.75, 3.05) is 5.32 Å². The van der Waals surface area contributed by atoms with Crippen molar-refractivity contribution in [2.45, 2.75) is 51.5 Å². The summed E-state index contributed by atoms with van der Waals surface area (Å²) < 4.78 is 0. The molecule has 0 aliphatic heterocycles. The minimum Gasteiger partial charge on any atom is -0.357 e. The fraction of sp³-hybridized carbons (Fsp3) is 0.533. The van der Waals surface area contributed by atoms with Crippen LogP contribution >= 0.6 is 12.2 Å². The molecule has 1 aromatic carbocycles. The summed E-state index contributed by atoms with van der Waals surface area (Å²) in [4.78, 5) is 0. The van der Waals surface area contributed by atoms with Gasteiger partial charge in [-0.3, -0.25) is 0 Å². The number of rotatable bonds is 2. The van der Waals surface area contributed by atoms with Crippen molar-refractivity contribution in [3.8, 4) is 0 Å². The van der Waals surface area contributed by atoms with E-state index in [9.17, 15) is 0 Å². The van der Waals surface area contributed by atoms with Crippen LogP contribution in [0.2, 0.25) is 0 Å². The summed E-state index contributed by atoms with van der Waals surface area (Å²) in [5, 5.41) is 7.48. The molecule has 0 bridgehead atoms. The second-order valence-electron chi connectivity index (χ2n) is 5.57. The van der Waals surface area contributed by atoms with E-state index in [1.54, 1.807) is 0 Å². The Bertz CT molecular complexity index is 405. The van der Waals surface area contributed by atoms with E-state index >= 15 is 0 Å². The molecule has 0 atom stereocenters. The van der Waals surface area contributed by atoms with Gasteiger partial charge in [-0.1, -0.05) is 37.0 Å². The number of aryl methyl sites for hydroxylation is 1. The molecule has 2 nitrogen and oxygen atoms in total. The van der Waals surface area contributed by atoms with Crippen LogP contribution in [-0.2, 0) is 0 Å². The van der Waals surface area contributed by atoms with Gasteiger partial charge < -0.3 is 10.6 Å². The molecule has 2 rings (SSSR count). The third-order valence-corrected chi connectivity index (χ3v) is 3.89. The van der Waals surface area contributed by atoms with E-state index < -0.39 is 0 Å². The van der Waals surface area contributed by atoms with Gasteiger partial charge in [-0.2, -0.15) is 0 Å². The second kappa shape index (κ2) is 5.70. The third-order valence-electron chi connectivity index (χ3n) is 3.68. The van der Waals surface area contributed by atoms with Gasteiger partial charge in [-0.25, -0.2) is 0 Å². The van der Waals surface area contributed by atoms with Crippen molar-refractivity contribution in [3.63, 3.8) is 0 Å². The molecule has 0 unspecified atom stereocenters. The van der Waals surface area contributed by atoms with Crippen molar-refractivity contribution in [1.82, 2.24) is 5.32 Å². The average molecular weight is 262 g/mol. The van der Waals surface area contributed by atoms with Crippen molar-refractivity contribution in [3.05, 3.63) is 29.8 Å². The smallest absolute Gasteiger partial charge is 0.171 e. The van der Waals surface area contributed by atoms with Crippen molar-refractivity contribution >= 4 is 23.0 Å². The molecule has 0 aromatic heterocycles. The Hall–Kier alpha value is -1.09. The first-order valence-electron chi connectivity index (χ1n) is 6.73. The van der Waals surface area contributed by atoms with Gasteiger partial charge >= 0.3 is 0 Å². The largest absolute Gasteiger partial charge is 0.357 e. The van der Waals surface area contributed by atoms with Crippen LogP contribution in [0.1, 0.15) is 44.6 Å². The minimum atomic E-state index is 0.174. The first-order chi connectivity index (χ1) is 8.57. The highest BCUT2D eigenvalue weighted by Gasteiger charge is 2.27. The lowest BCUT2D eigenvalue weighted by molar-refractivity contribution is 0.292. The zero-order valence-corrected chi connectivity index (χ0v) is 12.1. The van der Waals surface area contributed by atoms with E-state index in [2.05, 4.69) is 48.7 Å².